The first kappa shape index (κ1) is 18.4. The molecule has 2 aromatic carbocycles. The van der Waals surface area contributed by atoms with Gasteiger partial charge in [-0.15, -0.1) is 0 Å². The number of nitro groups is 1. The van der Waals surface area contributed by atoms with Crippen molar-refractivity contribution in [3.05, 3.63) is 81.1 Å². The standard InChI is InChI=1S/C18H15ClN4O4/c1-12-7-13(5-6-17(12)23(25)26)18(24)21-15-9-20-22(10-15)11-27-16-4-2-3-14(19)8-16/h2-10H,11H2,1H3,(H,21,24). The predicted octanol–water partition coefficient (Wildman–Crippen LogP) is 4.04. The molecule has 0 saturated carbocycles. The molecule has 0 aliphatic heterocycles. The van der Waals surface area contributed by atoms with Crippen molar-refractivity contribution < 1.29 is 14.5 Å². The number of carbonyl (C=O) groups is 1. The summed E-state index contributed by atoms with van der Waals surface area (Å²) in [5.41, 5.74) is 1.18. The van der Waals surface area contributed by atoms with Crippen LogP contribution in [0.25, 0.3) is 0 Å². The number of benzene rings is 2. The molecule has 8 nitrogen and oxygen atoms in total. The number of aromatic nitrogens is 2. The Bertz CT molecular complexity index is 1000. The minimum absolute atomic E-state index is 0.0301. The van der Waals surface area contributed by atoms with Crippen LogP contribution in [0.3, 0.4) is 0 Å². The number of ether oxygens (including phenoxy) is 1. The quantitative estimate of drug-likeness (QED) is 0.509. The van der Waals surface area contributed by atoms with Crippen LogP contribution in [-0.2, 0) is 6.73 Å². The lowest BCUT2D eigenvalue weighted by molar-refractivity contribution is -0.385. The Morgan fingerprint density at radius 1 is 1.33 bits per heavy atom. The molecular weight excluding hydrogens is 372 g/mol. The van der Waals surface area contributed by atoms with Crippen molar-refractivity contribution in [3.63, 3.8) is 0 Å². The summed E-state index contributed by atoms with van der Waals surface area (Å²) in [4.78, 5) is 22.7. The molecule has 27 heavy (non-hydrogen) atoms. The number of nitrogens with one attached hydrogen (secondary N) is 1. The van der Waals surface area contributed by atoms with E-state index in [1.807, 2.05) is 0 Å². The number of rotatable bonds is 6. The molecule has 1 N–H and O–H groups in total. The average molecular weight is 387 g/mol. The maximum atomic E-state index is 12.3. The van der Waals surface area contributed by atoms with Gasteiger partial charge in [-0.05, 0) is 37.3 Å². The van der Waals surface area contributed by atoms with Gasteiger partial charge in [-0.1, -0.05) is 17.7 Å². The first-order valence-electron chi connectivity index (χ1n) is 7.89. The van der Waals surface area contributed by atoms with Crippen LogP contribution in [0, 0.1) is 17.0 Å². The van der Waals surface area contributed by atoms with Gasteiger partial charge in [0.25, 0.3) is 11.6 Å². The molecule has 0 bridgehead atoms. The molecule has 0 fully saturated rings. The van der Waals surface area contributed by atoms with E-state index in [-0.39, 0.29) is 18.3 Å². The van der Waals surface area contributed by atoms with E-state index in [4.69, 9.17) is 16.3 Å². The van der Waals surface area contributed by atoms with Crippen molar-refractivity contribution >= 4 is 28.9 Å². The van der Waals surface area contributed by atoms with Gasteiger partial charge in [0, 0.05) is 22.2 Å². The van der Waals surface area contributed by atoms with Gasteiger partial charge in [-0.25, -0.2) is 4.68 Å². The molecule has 3 aromatic rings. The zero-order valence-electron chi connectivity index (χ0n) is 14.3. The van der Waals surface area contributed by atoms with Gasteiger partial charge in [0.2, 0.25) is 0 Å². The van der Waals surface area contributed by atoms with E-state index in [1.165, 1.54) is 29.1 Å². The lowest BCUT2D eigenvalue weighted by Crippen LogP contribution is -2.12. The third-order valence-corrected chi connectivity index (χ3v) is 3.94. The molecule has 0 radical (unpaired) electrons. The van der Waals surface area contributed by atoms with Crippen molar-refractivity contribution in [2.75, 3.05) is 5.32 Å². The van der Waals surface area contributed by atoms with Crippen LogP contribution in [0.1, 0.15) is 15.9 Å². The highest BCUT2D eigenvalue weighted by Gasteiger charge is 2.14. The number of hydrogen-bond acceptors (Lipinski definition) is 5. The Hall–Kier alpha value is -3.39. The smallest absolute Gasteiger partial charge is 0.272 e. The van der Waals surface area contributed by atoms with Crippen LogP contribution in [0.2, 0.25) is 5.02 Å². The predicted molar refractivity (Wildman–Crippen MR) is 100 cm³/mol. The Kier molecular flexibility index (Phi) is 5.37. The van der Waals surface area contributed by atoms with Crippen LogP contribution in [0.4, 0.5) is 11.4 Å². The van der Waals surface area contributed by atoms with Crippen LogP contribution in [0.15, 0.2) is 54.9 Å². The first-order chi connectivity index (χ1) is 12.9. The SMILES string of the molecule is Cc1cc(C(=O)Nc2cnn(COc3cccc(Cl)c3)c2)ccc1[N+](=O)[O-]. The fourth-order valence-corrected chi connectivity index (χ4v) is 2.58. The highest BCUT2D eigenvalue weighted by atomic mass is 35.5. The van der Waals surface area contributed by atoms with Crippen LogP contribution in [0.5, 0.6) is 5.75 Å². The molecule has 0 saturated heterocycles. The fourth-order valence-electron chi connectivity index (χ4n) is 2.40. The molecule has 138 valence electrons. The van der Waals surface area contributed by atoms with Crippen LogP contribution in [-0.4, -0.2) is 20.6 Å². The molecule has 0 aliphatic rings. The molecule has 1 aromatic heterocycles. The highest BCUT2D eigenvalue weighted by molar-refractivity contribution is 6.30. The second kappa shape index (κ2) is 7.88. The van der Waals surface area contributed by atoms with Crippen LogP contribution >= 0.6 is 11.6 Å². The highest BCUT2D eigenvalue weighted by Crippen LogP contribution is 2.20. The zero-order chi connectivity index (χ0) is 19.4. The van der Waals surface area contributed by atoms with E-state index < -0.39 is 4.92 Å². The second-order valence-corrected chi connectivity index (χ2v) is 6.15. The largest absolute Gasteiger partial charge is 0.471 e. The van der Waals surface area contributed by atoms with Crippen molar-refractivity contribution in [1.29, 1.82) is 0 Å². The molecule has 0 atom stereocenters. The molecule has 1 amide bonds. The summed E-state index contributed by atoms with van der Waals surface area (Å²) in [7, 11) is 0. The number of carbonyl (C=O) groups excluding carboxylic acids is 1. The van der Waals surface area contributed by atoms with Gasteiger partial charge in [0.15, 0.2) is 6.73 Å². The summed E-state index contributed by atoms with van der Waals surface area (Å²) in [6, 6.07) is 11.2. The summed E-state index contributed by atoms with van der Waals surface area (Å²) in [6.07, 6.45) is 3.10. The summed E-state index contributed by atoms with van der Waals surface area (Å²) in [5, 5.41) is 18.2. The molecule has 0 unspecified atom stereocenters. The lowest BCUT2D eigenvalue weighted by atomic mass is 10.1. The summed E-state index contributed by atoms with van der Waals surface area (Å²) < 4.78 is 7.08. The zero-order valence-corrected chi connectivity index (χ0v) is 15.0. The normalized spacial score (nSPS) is 10.4. The minimum atomic E-state index is -0.485. The Balaban J connectivity index is 1.62. The number of aryl methyl sites for hydroxylation is 1. The minimum Gasteiger partial charge on any atom is -0.471 e. The number of nitro benzene ring substituents is 1. The van der Waals surface area contributed by atoms with E-state index in [9.17, 15) is 14.9 Å². The Labute approximate surface area is 159 Å². The molecule has 3 rings (SSSR count). The van der Waals surface area contributed by atoms with Gasteiger partial charge in [-0.2, -0.15) is 5.10 Å². The van der Waals surface area contributed by atoms with E-state index in [2.05, 4.69) is 10.4 Å². The van der Waals surface area contributed by atoms with Gasteiger partial charge >= 0.3 is 0 Å². The van der Waals surface area contributed by atoms with Crippen molar-refractivity contribution in [2.45, 2.75) is 13.7 Å². The fraction of sp³-hybridized carbons (Fsp3) is 0.111. The topological polar surface area (TPSA) is 99.3 Å². The number of amides is 1. The van der Waals surface area contributed by atoms with Gasteiger partial charge in [-0.3, -0.25) is 14.9 Å². The molecule has 0 aliphatic carbocycles. The second-order valence-electron chi connectivity index (χ2n) is 5.71. The van der Waals surface area contributed by atoms with E-state index >= 15 is 0 Å². The average Bonchev–Trinajstić information content (AvgIpc) is 3.07. The van der Waals surface area contributed by atoms with Crippen molar-refractivity contribution in [3.8, 4) is 5.75 Å². The number of anilines is 1. The first-order valence-corrected chi connectivity index (χ1v) is 8.27. The lowest BCUT2D eigenvalue weighted by Gasteiger charge is -2.06. The molecule has 1 heterocycles. The van der Waals surface area contributed by atoms with E-state index in [0.29, 0.717) is 27.6 Å². The summed E-state index contributed by atoms with van der Waals surface area (Å²) >= 11 is 5.90. The third-order valence-electron chi connectivity index (χ3n) is 3.71. The third kappa shape index (κ3) is 4.62. The van der Waals surface area contributed by atoms with Gasteiger partial charge in [0.05, 0.1) is 23.0 Å². The van der Waals surface area contributed by atoms with Crippen LogP contribution < -0.4 is 10.1 Å². The Morgan fingerprint density at radius 2 is 2.15 bits per heavy atom. The summed E-state index contributed by atoms with van der Waals surface area (Å²) in [6.45, 7) is 1.73. The van der Waals surface area contributed by atoms with Gasteiger partial charge in [0.1, 0.15) is 5.75 Å². The monoisotopic (exact) mass is 386 g/mol. The van der Waals surface area contributed by atoms with Gasteiger partial charge < -0.3 is 10.1 Å². The summed E-state index contributed by atoms with van der Waals surface area (Å²) in [5.74, 6) is 0.216. The Morgan fingerprint density at radius 3 is 2.85 bits per heavy atom. The van der Waals surface area contributed by atoms with E-state index in [0.717, 1.165) is 0 Å². The molecular formula is C18H15ClN4O4. The number of hydrogen-bond donors (Lipinski definition) is 1. The molecule has 9 heteroatoms. The maximum Gasteiger partial charge on any atom is 0.272 e. The molecule has 0 spiro atoms. The van der Waals surface area contributed by atoms with Crippen molar-refractivity contribution in [2.24, 2.45) is 0 Å². The van der Waals surface area contributed by atoms with Crippen molar-refractivity contribution in [1.82, 2.24) is 9.78 Å². The maximum absolute atomic E-state index is 12.3. The van der Waals surface area contributed by atoms with E-state index in [1.54, 1.807) is 37.4 Å². The number of nitrogens with zero attached hydrogens (tertiary/aromatic N) is 3. The number of halogens is 1.